The Kier molecular flexibility index (Phi) is 6.60. The fraction of sp³-hybridized carbons (Fsp3) is 0.857. The first-order valence-corrected chi connectivity index (χ1v) is 9.44. The highest BCUT2D eigenvalue weighted by Crippen LogP contribution is 2.55. The largest absolute Gasteiger partial charge is 0.362 e. The average Bonchev–Trinajstić information content (AvgIpc) is 2.28. The van der Waals surface area contributed by atoms with Gasteiger partial charge in [0.15, 0.2) is 9.26 Å². The van der Waals surface area contributed by atoms with Crippen molar-refractivity contribution in [3.8, 4) is 0 Å². The molecule has 1 amide bonds. The van der Waals surface area contributed by atoms with E-state index in [0.29, 0.717) is 0 Å². The van der Waals surface area contributed by atoms with E-state index < -0.39 is 22.2 Å². The summed E-state index contributed by atoms with van der Waals surface area (Å²) in [5, 5.41) is -0.456. The van der Waals surface area contributed by atoms with Crippen LogP contribution in [0.25, 0.3) is 0 Å². The number of rotatable bonds is 4. The Hall–Kier alpha value is 1.31. The SMILES string of the molecule is O=C(Cl)N1CCOC(P(=O)(O)OC(Br)(Br)CBr)C1. The van der Waals surface area contributed by atoms with Crippen LogP contribution in [-0.2, 0) is 13.8 Å². The van der Waals surface area contributed by atoms with Crippen LogP contribution in [0.2, 0.25) is 0 Å². The van der Waals surface area contributed by atoms with Gasteiger partial charge in [0.05, 0.1) is 18.5 Å². The highest BCUT2D eigenvalue weighted by molar-refractivity contribution is 9.26. The summed E-state index contributed by atoms with van der Waals surface area (Å²) in [5.41, 5.74) is 0. The number of amides is 1. The van der Waals surface area contributed by atoms with Crippen molar-refractivity contribution in [1.82, 2.24) is 4.90 Å². The summed E-state index contributed by atoms with van der Waals surface area (Å²) >= 11 is 14.6. The summed E-state index contributed by atoms with van der Waals surface area (Å²) in [6.07, 6.45) is 0. The number of morpholine rings is 1. The van der Waals surface area contributed by atoms with E-state index in [0.717, 1.165) is 0 Å². The molecule has 1 saturated heterocycles. The maximum absolute atomic E-state index is 12.1. The van der Waals surface area contributed by atoms with Crippen LogP contribution in [0.3, 0.4) is 0 Å². The molecule has 1 fully saturated rings. The first-order valence-electron chi connectivity index (χ1n) is 4.71. The summed E-state index contributed by atoms with van der Waals surface area (Å²) in [4.78, 5) is 22.1. The van der Waals surface area contributed by atoms with Crippen molar-refractivity contribution in [3.05, 3.63) is 0 Å². The smallest absolute Gasteiger partial charge is 0.360 e. The predicted molar refractivity (Wildman–Crippen MR) is 77.9 cm³/mol. The Labute approximate surface area is 134 Å². The van der Waals surface area contributed by atoms with Crippen LogP contribution in [0.15, 0.2) is 0 Å². The molecule has 1 rings (SSSR count). The van der Waals surface area contributed by atoms with Gasteiger partial charge in [-0.3, -0.25) is 13.9 Å². The number of nitrogens with zero attached hydrogens (tertiary/aromatic N) is 1. The zero-order valence-corrected chi connectivity index (χ0v) is 15.3. The van der Waals surface area contributed by atoms with Gasteiger partial charge >= 0.3 is 13.0 Å². The minimum atomic E-state index is -4.08. The number of alkyl halides is 3. The lowest BCUT2D eigenvalue weighted by Crippen LogP contribution is -2.44. The van der Waals surface area contributed by atoms with Crippen LogP contribution in [-0.4, -0.2) is 49.5 Å². The molecule has 1 N–H and O–H groups in total. The third kappa shape index (κ3) is 5.01. The molecule has 0 aromatic carbocycles. The van der Waals surface area contributed by atoms with Crippen LogP contribution in [0.1, 0.15) is 0 Å². The normalized spacial score (nSPS) is 24.7. The Bertz CT molecular complexity index is 371. The molecule has 0 bridgehead atoms. The quantitative estimate of drug-likeness (QED) is 0.282. The fourth-order valence-corrected chi connectivity index (χ4v) is 4.21. The average molecular weight is 494 g/mol. The molecular weight excluding hydrogens is 484 g/mol. The van der Waals surface area contributed by atoms with Crippen LogP contribution in [0, 0.1) is 0 Å². The standard InChI is InChI=1S/C7H10Br3ClNO5P/c8-4-7(9,10)17-18(14,15)5-3-12(6(11)13)1-2-16-5/h5H,1-4H2,(H,14,15). The molecule has 0 saturated carbocycles. The van der Waals surface area contributed by atoms with Crippen molar-refractivity contribution in [2.45, 2.75) is 9.26 Å². The molecule has 0 aromatic heterocycles. The maximum atomic E-state index is 12.1. The molecule has 6 nitrogen and oxygen atoms in total. The minimum absolute atomic E-state index is 0.0888. The number of ether oxygens (including phenoxy) is 1. The maximum Gasteiger partial charge on any atom is 0.360 e. The predicted octanol–water partition coefficient (Wildman–Crippen LogP) is 3.04. The summed E-state index contributed by atoms with van der Waals surface area (Å²) in [7, 11) is -4.08. The number of carbonyl (C=O) groups is 1. The lowest BCUT2D eigenvalue weighted by Gasteiger charge is -2.34. The van der Waals surface area contributed by atoms with Crippen molar-refractivity contribution < 1.29 is 23.5 Å². The minimum Gasteiger partial charge on any atom is -0.362 e. The molecule has 11 heteroatoms. The third-order valence-corrected chi connectivity index (χ3v) is 7.61. The molecule has 0 radical (unpaired) electrons. The summed E-state index contributed by atoms with van der Waals surface area (Å²) < 4.78 is 21.1. The van der Waals surface area contributed by atoms with E-state index in [2.05, 4.69) is 47.8 Å². The van der Waals surface area contributed by atoms with Gasteiger partial charge in [-0.15, -0.1) is 0 Å². The molecule has 1 heterocycles. The summed E-state index contributed by atoms with van der Waals surface area (Å²) in [5.74, 6) is -1.12. The van der Waals surface area contributed by atoms with Gasteiger partial charge in [0, 0.05) is 6.54 Å². The molecule has 2 unspecified atom stereocenters. The number of halogens is 4. The topological polar surface area (TPSA) is 76.1 Å². The van der Waals surface area contributed by atoms with Gasteiger partial charge in [-0.2, -0.15) is 0 Å². The molecule has 1 aliphatic heterocycles. The zero-order chi connectivity index (χ0) is 14.0. The van der Waals surface area contributed by atoms with Crippen LogP contribution in [0.5, 0.6) is 0 Å². The Morgan fingerprint density at radius 2 is 2.28 bits per heavy atom. The lowest BCUT2D eigenvalue weighted by atomic mass is 10.5. The molecule has 0 spiro atoms. The van der Waals surface area contributed by atoms with Crippen molar-refractivity contribution in [2.24, 2.45) is 0 Å². The zero-order valence-electron chi connectivity index (χ0n) is 8.89. The molecule has 0 aliphatic carbocycles. The molecule has 18 heavy (non-hydrogen) atoms. The van der Waals surface area contributed by atoms with E-state index in [-0.39, 0.29) is 25.0 Å². The lowest BCUT2D eigenvalue weighted by molar-refractivity contribution is 0.0148. The molecular formula is C7H10Br3ClNO5P. The van der Waals surface area contributed by atoms with Crippen LogP contribution < -0.4 is 0 Å². The number of carbonyl (C=O) groups excluding carboxylic acids is 1. The number of hydrogen-bond acceptors (Lipinski definition) is 4. The highest BCUT2D eigenvalue weighted by atomic mass is 79.9. The first-order chi connectivity index (χ1) is 8.18. The van der Waals surface area contributed by atoms with Crippen molar-refractivity contribution in [3.63, 3.8) is 0 Å². The van der Waals surface area contributed by atoms with E-state index in [1.54, 1.807) is 0 Å². The Balaban J connectivity index is 2.73. The molecule has 0 aromatic rings. The second-order valence-corrected chi connectivity index (χ2v) is 9.85. The van der Waals surface area contributed by atoms with E-state index in [9.17, 15) is 14.3 Å². The van der Waals surface area contributed by atoms with Gasteiger partial charge in [-0.05, 0) is 43.5 Å². The van der Waals surface area contributed by atoms with Gasteiger partial charge in [0.2, 0.25) is 0 Å². The van der Waals surface area contributed by atoms with Gasteiger partial charge in [-0.25, -0.2) is 0 Å². The van der Waals surface area contributed by atoms with Crippen molar-refractivity contribution in [1.29, 1.82) is 0 Å². The second-order valence-electron chi connectivity index (χ2n) is 3.45. The van der Waals surface area contributed by atoms with E-state index in [1.165, 1.54) is 4.90 Å². The third-order valence-electron chi connectivity index (χ3n) is 2.08. The summed E-state index contributed by atoms with van der Waals surface area (Å²) in [6.45, 7) is 0.322. The summed E-state index contributed by atoms with van der Waals surface area (Å²) in [6, 6.07) is 0. The highest BCUT2D eigenvalue weighted by Gasteiger charge is 2.43. The number of hydrogen-bond donors (Lipinski definition) is 1. The second kappa shape index (κ2) is 6.85. The van der Waals surface area contributed by atoms with Gasteiger partial charge in [-0.1, -0.05) is 15.9 Å². The first kappa shape index (κ1) is 17.4. The molecule has 2 atom stereocenters. The van der Waals surface area contributed by atoms with Crippen LogP contribution in [0.4, 0.5) is 4.79 Å². The Morgan fingerprint density at radius 1 is 1.67 bits per heavy atom. The van der Waals surface area contributed by atoms with Crippen molar-refractivity contribution in [2.75, 3.05) is 25.0 Å². The van der Waals surface area contributed by atoms with Crippen LogP contribution >= 0.6 is 67.0 Å². The van der Waals surface area contributed by atoms with Gasteiger partial charge in [0.1, 0.15) is 0 Å². The van der Waals surface area contributed by atoms with E-state index >= 15 is 0 Å². The van der Waals surface area contributed by atoms with Gasteiger partial charge < -0.3 is 14.5 Å². The fourth-order valence-electron chi connectivity index (χ4n) is 1.26. The van der Waals surface area contributed by atoms with E-state index in [4.69, 9.17) is 20.9 Å². The Morgan fingerprint density at radius 3 is 2.78 bits per heavy atom. The van der Waals surface area contributed by atoms with Crippen molar-refractivity contribution >= 4 is 72.4 Å². The molecule has 1 aliphatic rings. The van der Waals surface area contributed by atoms with E-state index in [1.807, 2.05) is 0 Å². The van der Waals surface area contributed by atoms with Gasteiger partial charge in [0.25, 0.3) is 0 Å². The molecule has 106 valence electrons. The monoisotopic (exact) mass is 491 g/mol.